The monoisotopic (exact) mass is 304 g/mol. The van der Waals surface area contributed by atoms with Gasteiger partial charge in [0.2, 0.25) is 5.92 Å². The molecule has 0 saturated heterocycles. The van der Waals surface area contributed by atoms with Crippen LogP contribution in [0.25, 0.3) is 0 Å². The van der Waals surface area contributed by atoms with Gasteiger partial charge >= 0.3 is 0 Å². The van der Waals surface area contributed by atoms with Gasteiger partial charge in [-0.1, -0.05) is 26.8 Å². The van der Waals surface area contributed by atoms with Crippen molar-refractivity contribution in [3.8, 4) is 0 Å². The zero-order chi connectivity index (χ0) is 15.6. The topological polar surface area (TPSA) is 9.23 Å². The van der Waals surface area contributed by atoms with E-state index in [1.54, 1.807) is 0 Å². The van der Waals surface area contributed by atoms with Crippen molar-refractivity contribution in [2.24, 2.45) is 5.92 Å². The highest BCUT2D eigenvalue weighted by atomic mass is 28.4. The molecule has 1 fully saturated rings. The molecule has 0 spiro atoms. The lowest BCUT2D eigenvalue weighted by Crippen LogP contribution is -2.46. The van der Waals surface area contributed by atoms with Crippen LogP contribution in [-0.2, 0) is 4.43 Å². The highest BCUT2D eigenvalue weighted by Crippen LogP contribution is 2.42. The minimum atomic E-state index is -2.47. The third kappa shape index (κ3) is 4.66. The summed E-state index contributed by atoms with van der Waals surface area (Å²) in [7, 11) is -1.86. The van der Waals surface area contributed by atoms with E-state index < -0.39 is 14.2 Å². The molecular formula is C16H30F2OSi. The number of hydrogen-bond donors (Lipinski definition) is 0. The van der Waals surface area contributed by atoms with Crippen molar-refractivity contribution in [1.82, 2.24) is 0 Å². The van der Waals surface area contributed by atoms with Crippen LogP contribution in [0.4, 0.5) is 8.78 Å². The van der Waals surface area contributed by atoms with Crippen molar-refractivity contribution in [3.05, 3.63) is 12.7 Å². The fourth-order valence-corrected chi connectivity index (χ4v) is 3.89. The van der Waals surface area contributed by atoms with Crippen molar-refractivity contribution in [3.63, 3.8) is 0 Å². The number of halogens is 2. The van der Waals surface area contributed by atoms with Crippen molar-refractivity contribution in [2.45, 2.75) is 83.0 Å². The lowest BCUT2D eigenvalue weighted by molar-refractivity contribution is -0.0600. The third-order valence-electron chi connectivity index (χ3n) is 4.94. The fraction of sp³-hybridized carbons (Fsp3) is 0.875. The molecule has 1 unspecified atom stereocenters. The Hall–Kier alpha value is -0.223. The summed E-state index contributed by atoms with van der Waals surface area (Å²) in [4.78, 5) is 0. The minimum Gasteiger partial charge on any atom is -0.413 e. The van der Waals surface area contributed by atoms with E-state index in [2.05, 4.69) is 40.4 Å². The normalized spacial score (nSPS) is 22.6. The van der Waals surface area contributed by atoms with Gasteiger partial charge in [-0.2, -0.15) is 0 Å². The molecular weight excluding hydrogens is 274 g/mol. The maximum atomic E-state index is 13.3. The molecule has 1 aliphatic rings. The average Bonchev–Trinajstić information content (AvgIpc) is 2.26. The van der Waals surface area contributed by atoms with Gasteiger partial charge in [0, 0.05) is 12.8 Å². The molecule has 4 heteroatoms. The van der Waals surface area contributed by atoms with E-state index in [0.717, 1.165) is 6.42 Å². The Morgan fingerprint density at radius 3 is 2.20 bits per heavy atom. The molecule has 20 heavy (non-hydrogen) atoms. The molecule has 118 valence electrons. The van der Waals surface area contributed by atoms with Gasteiger partial charge in [0.05, 0.1) is 6.10 Å². The second-order valence-corrected chi connectivity index (χ2v) is 12.4. The Morgan fingerprint density at radius 2 is 1.80 bits per heavy atom. The largest absolute Gasteiger partial charge is 0.413 e. The molecule has 0 aromatic carbocycles. The van der Waals surface area contributed by atoms with Gasteiger partial charge in [0.15, 0.2) is 8.32 Å². The maximum Gasteiger partial charge on any atom is 0.248 e. The maximum absolute atomic E-state index is 13.3. The molecule has 0 bridgehead atoms. The second kappa shape index (κ2) is 6.26. The summed E-state index contributed by atoms with van der Waals surface area (Å²) in [6.07, 6.45) is 3.84. The first-order valence-electron chi connectivity index (χ1n) is 7.65. The van der Waals surface area contributed by atoms with E-state index in [4.69, 9.17) is 4.43 Å². The Balaban J connectivity index is 2.73. The fourth-order valence-electron chi connectivity index (χ4n) is 2.49. The smallest absolute Gasteiger partial charge is 0.248 e. The molecule has 0 radical (unpaired) electrons. The molecule has 0 amide bonds. The van der Waals surface area contributed by atoms with Crippen LogP contribution < -0.4 is 0 Å². The van der Waals surface area contributed by atoms with E-state index >= 15 is 0 Å². The van der Waals surface area contributed by atoms with E-state index in [-0.39, 0.29) is 29.9 Å². The Kier molecular flexibility index (Phi) is 5.58. The van der Waals surface area contributed by atoms with Crippen LogP contribution in [0.5, 0.6) is 0 Å². The number of hydrogen-bond acceptors (Lipinski definition) is 1. The molecule has 0 aromatic rings. The van der Waals surface area contributed by atoms with Crippen LogP contribution in [-0.4, -0.2) is 20.3 Å². The standard InChI is InChI=1S/C16H30F2OSi/c1-7-8-14(19-20(5,6)15(2,3)4)13-9-11-16(17,18)12-10-13/h7,13-14H,1,8-12H2,2-6H3. The summed E-state index contributed by atoms with van der Waals surface area (Å²) in [6.45, 7) is 14.9. The zero-order valence-corrected chi connectivity index (χ0v) is 14.6. The first kappa shape index (κ1) is 17.8. The Labute approximate surface area is 123 Å². The summed E-state index contributed by atoms with van der Waals surface area (Å²) in [5.41, 5.74) is 0. The minimum absolute atomic E-state index is 0.00612. The van der Waals surface area contributed by atoms with Gasteiger partial charge in [0.1, 0.15) is 0 Å². The average molecular weight is 304 g/mol. The molecule has 1 aliphatic carbocycles. The van der Waals surface area contributed by atoms with Crippen LogP contribution in [0.2, 0.25) is 18.1 Å². The summed E-state index contributed by atoms with van der Waals surface area (Å²) < 4.78 is 33.1. The van der Waals surface area contributed by atoms with E-state index in [1.807, 2.05) is 6.08 Å². The predicted octanol–water partition coefficient (Wildman–Crippen LogP) is 5.78. The van der Waals surface area contributed by atoms with Gasteiger partial charge in [-0.15, -0.1) is 6.58 Å². The van der Waals surface area contributed by atoms with Gasteiger partial charge in [-0.25, -0.2) is 8.78 Å². The molecule has 0 aliphatic heterocycles. The van der Waals surface area contributed by atoms with Crippen LogP contribution >= 0.6 is 0 Å². The van der Waals surface area contributed by atoms with Crippen LogP contribution in [0.15, 0.2) is 12.7 Å². The van der Waals surface area contributed by atoms with Gasteiger partial charge in [-0.3, -0.25) is 0 Å². The van der Waals surface area contributed by atoms with Gasteiger partial charge < -0.3 is 4.43 Å². The van der Waals surface area contributed by atoms with Gasteiger partial charge in [0.25, 0.3) is 0 Å². The van der Waals surface area contributed by atoms with E-state index in [1.165, 1.54) is 0 Å². The van der Waals surface area contributed by atoms with Crippen molar-refractivity contribution >= 4 is 8.32 Å². The summed E-state index contributed by atoms with van der Waals surface area (Å²) in [5, 5.41) is 0.144. The highest BCUT2D eigenvalue weighted by Gasteiger charge is 2.43. The molecule has 0 aromatic heterocycles. The lowest BCUT2D eigenvalue weighted by atomic mass is 9.82. The molecule has 1 atom stereocenters. The summed E-state index contributed by atoms with van der Waals surface area (Å²) in [6, 6.07) is 0. The van der Waals surface area contributed by atoms with Gasteiger partial charge in [-0.05, 0) is 43.3 Å². The van der Waals surface area contributed by atoms with E-state index in [0.29, 0.717) is 12.8 Å². The van der Waals surface area contributed by atoms with Crippen LogP contribution in [0, 0.1) is 5.92 Å². The third-order valence-corrected chi connectivity index (χ3v) is 9.44. The molecule has 1 saturated carbocycles. The SMILES string of the molecule is C=CCC(O[Si](C)(C)C(C)(C)C)C1CCC(F)(F)CC1. The number of alkyl halides is 2. The highest BCUT2D eigenvalue weighted by molar-refractivity contribution is 6.74. The van der Waals surface area contributed by atoms with Crippen molar-refractivity contribution < 1.29 is 13.2 Å². The second-order valence-electron chi connectivity index (χ2n) is 7.63. The predicted molar refractivity (Wildman–Crippen MR) is 83.8 cm³/mol. The first-order valence-corrected chi connectivity index (χ1v) is 10.6. The van der Waals surface area contributed by atoms with E-state index in [9.17, 15) is 8.78 Å². The van der Waals surface area contributed by atoms with Crippen molar-refractivity contribution in [2.75, 3.05) is 0 Å². The van der Waals surface area contributed by atoms with Crippen LogP contribution in [0.3, 0.4) is 0 Å². The molecule has 0 heterocycles. The Bertz CT molecular complexity index is 324. The number of rotatable bonds is 5. The lowest BCUT2D eigenvalue weighted by Gasteiger charge is -2.42. The quantitative estimate of drug-likeness (QED) is 0.462. The first-order chi connectivity index (χ1) is 8.98. The van der Waals surface area contributed by atoms with Crippen molar-refractivity contribution in [1.29, 1.82) is 0 Å². The zero-order valence-electron chi connectivity index (χ0n) is 13.6. The Morgan fingerprint density at radius 1 is 1.30 bits per heavy atom. The molecule has 1 nitrogen and oxygen atoms in total. The summed E-state index contributed by atoms with van der Waals surface area (Å²) in [5.74, 6) is -2.21. The summed E-state index contributed by atoms with van der Waals surface area (Å²) >= 11 is 0. The molecule has 1 rings (SSSR count). The van der Waals surface area contributed by atoms with Crippen LogP contribution in [0.1, 0.15) is 52.9 Å². The molecule has 0 N–H and O–H groups in total.